The SMILES string of the molecule is O=S(=O)(c1ccccc1NCC(O)C1CC1)C(F)F. The molecule has 1 aromatic rings. The summed E-state index contributed by atoms with van der Waals surface area (Å²) in [5, 5.41) is 12.4. The monoisotopic (exact) mass is 291 g/mol. The predicted molar refractivity (Wildman–Crippen MR) is 66.9 cm³/mol. The molecule has 0 bridgehead atoms. The van der Waals surface area contributed by atoms with Crippen LogP contribution in [0.4, 0.5) is 14.5 Å². The lowest BCUT2D eigenvalue weighted by molar-refractivity contribution is 0.164. The van der Waals surface area contributed by atoms with E-state index in [0.29, 0.717) is 0 Å². The van der Waals surface area contributed by atoms with Gasteiger partial charge in [0, 0.05) is 6.54 Å². The Morgan fingerprint density at radius 3 is 2.53 bits per heavy atom. The third-order valence-electron chi connectivity index (χ3n) is 3.10. The summed E-state index contributed by atoms with van der Waals surface area (Å²) >= 11 is 0. The van der Waals surface area contributed by atoms with Gasteiger partial charge in [-0.15, -0.1) is 0 Å². The van der Waals surface area contributed by atoms with Crippen molar-refractivity contribution in [2.75, 3.05) is 11.9 Å². The van der Waals surface area contributed by atoms with Crippen LogP contribution in [-0.2, 0) is 9.84 Å². The summed E-state index contributed by atoms with van der Waals surface area (Å²) in [6.45, 7) is 0.153. The van der Waals surface area contributed by atoms with Gasteiger partial charge >= 0.3 is 5.76 Å². The molecule has 1 unspecified atom stereocenters. The zero-order chi connectivity index (χ0) is 14.0. The lowest BCUT2D eigenvalue weighted by Gasteiger charge is -2.15. The number of alkyl halides is 2. The van der Waals surface area contributed by atoms with Crippen LogP contribution in [0.25, 0.3) is 0 Å². The Labute approximate surface area is 110 Å². The molecule has 1 aliphatic carbocycles. The van der Waals surface area contributed by atoms with Crippen molar-refractivity contribution in [3.63, 3.8) is 0 Å². The molecule has 0 spiro atoms. The molecule has 0 saturated heterocycles. The number of para-hydroxylation sites is 1. The van der Waals surface area contributed by atoms with Gasteiger partial charge in [-0.1, -0.05) is 12.1 Å². The zero-order valence-electron chi connectivity index (χ0n) is 10.1. The lowest BCUT2D eigenvalue weighted by Crippen LogP contribution is -2.23. The van der Waals surface area contributed by atoms with E-state index in [1.807, 2.05) is 0 Å². The maximum atomic E-state index is 12.6. The highest BCUT2D eigenvalue weighted by molar-refractivity contribution is 7.91. The van der Waals surface area contributed by atoms with Crippen molar-refractivity contribution in [2.45, 2.75) is 29.6 Å². The van der Waals surface area contributed by atoms with Crippen LogP contribution in [0, 0.1) is 5.92 Å². The van der Waals surface area contributed by atoms with Crippen molar-refractivity contribution in [1.29, 1.82) is 0 Å². The van der Waals surface area contributed by atoms with E-state index < -0.39 is 26.6 Å². The number of aliphatic hydroxyl groups excluding tert-OH is 1. The van der Waals surface area contributed by atoms with Crippen molar-refractivity contribution < 1.29 is 22.3 Å². The minimum Gasteiger partial charge on any atom is -0.391 e. The van der Waals surface area contributed by atoms with Crippen LogP contribution in [0.1, 0.15) is 12.8 Å². The Hall–Kier alpha value is -1.21. The molecule has 0 radical (unpaired) electrons. The first-order valence-electron chi connectivity index (χ1n) is 5.96. The highest BCUT2D eigenvalue weighted by Gasteiger charge is 2.31. The number of hydrogen-bond acceptors (Lipinski definition) is 4. The third kappa shape index (κ3) is 3.22. The molecule has 1 atom stereocenters. The topological polar surface area (TPSA) is 66.4 Å². The molecule has 1 saturated carbocycles. The first kappa shape index (κ1) is 14.2. The summed E-state index contributed by atoms with van der Waals surface area (Å²) in [5.74, 6) is -3.23. The summed E-state index contributed by atoms with van der Waals surface area (Å²) in [6, 6.07) is 5.48. The summed E-state index contributed by atoms with van der Waals surface area (Å²) in [6.07, 6.45) is 1.31. The molecule has 0 aliphatic heterocycles. The number of aliphatic hydroxyl groups is 1. The number of hydrogen-bond donors (Lipinski definition) is 2. The number of nitrogens with one attached hydrogen (secondary N) is 1. The van der Waals surface area contributed by atoms with Gasteiger partial charge in [-0.25, -0.2) is 8.42 Å². The van der Waals surface area contributed by atoms with E-state index in [1.54, 1.807) is 6.07 Å². The van der Waals surface area contributed by atoms with E-state index in [1.165, 1.54) is 12.1 Å². The fourth-order valence-corrected chi connectivity index (χ4v) is 2.73. The maximum absolute atomic E-state index is 12.6. The van der Waals surface area contributed by atoms with E-state index in [4.69, 9.17) is 0 Å². The van der Waals surface area contributed by atoms with Gasteiger partial charge in [0.25, 0.3) is 0 Å². The fourth-order valence-electron chi connectivity index (χ4n) is 1.82. The molecule has 7 heteroatoms. The number of sulfone groups is 1. The zero-order valence-corrected chi connectivity index (χ0v) is 10.9. The van der Waals surface area contributed by atoms with Crippen LogP contribution in [0.2, 0.25) is 0 Å². The first-order valence-corrected chi connectivity index (χ1v) is 7.50. The lowest BCUT2D eigenvalue weighted by atomic mass is 10.2. The van der Waals surface area contributed by atoms with Gasteiger partial charge in [-0.05, 0) is 30.9 Å². The number of anilines is 1. The minimum atomic E-state index is -4.64. The molecular weight excluding hydrogens is 276 g/mol. The Bertz CT molecular complexity index is 544. The molecule has 0 amide bonds. The second kappa shape index (κ2) is 5.42. The smallest absolute Gasteiger partial charge is 0.341 e. The van der Waals surface area contributed by atoms with E-state index in [2.05, 4.69) is 5.32 Å². The summed E-state index contributed by atoms with van der Waals surface area (Å²) in [5.41, 5.74) is 0.0995. The Kier molecular flexibility index (Phi) is 4.05. The second-order valence-corrected chi connectivity index (χ2v) is 6.47. The van der Waals surface area contributed by atoms with E-state index in [9.17, 15) is 22.3 Å². The van der Waals surface area contributed by atoms with E-state index in [0.717, 1.165) is 18.9 Å². The number of rotatable bonds is 6. The van der Waals surface area contributed by atoms with Crippen LogP contribution in [0.15, 0.2) is 29.2 Å². The largest absolute Gasteiger partial charge is 0.391 e. The molecule has 1 aliphatic rings. The molecule has 19 heavy (non-hydrogen) atoms. The van der Waals surface area contributed by atoms with Gasteiger partial charge in [0.1, 0.15) is 0 Å². The molecule has 1 aromatic carbocycles. The van der Waals surface area contributed by atoms with Gasteiger partial charge in [0.05, 0.1) is 16.7 Å². The van der Waals surface area contributed by atoms with E-state index in [-0.39, 0.29) is 18.2 Å². The van der Waals surface area contributed by atoms with Gasteiger partial charge in [-0.2, -0.15) is 8.78 Å². The van der Waals surface area contributed by atoms with Crippen molar-refractivity contribution >= 4 is 15.5 Å². The normalized spacial score (nSPS) is 17.5. The van der Waals surface area contributed by atoms with Crippen molar-refractivity contribution in [1.82, 2.24) is 0 Å². The first-order chi connectivity index (χ1) is 8.93. The van der Waals surface area contributed by atoms with Gasteiger partial charge < -0.3 is 10.4 Å². The van der Waals surface area contributed by atoms with Gasteiger partial charge in [0.2, 0.25) is 9.84 Å². The predicted octanol–water partition coefficient (Wildman–Crippen LogP) is 1.87. The molecule has 2 rings (SSSR count). The highest BCUT2D eigenvalue weighted by Crippen LogP contribution is 2.33. The highest BCUT2D eigenvalue weighted by atomic mass is 32.2. The third-order valence-corrected chi connectivity index (χ3v) is 4.53. The average Bonchev–Trinajstić information content (AvgIpc) is 3.20. The molecule has 4 nitrogen and oxygen atoms in total. The molecule has 2 N–H and O–H groups in total. The average molecular weight is 291 g/mol. The molecule has 0 aromatic heterocycles. The molecule has 0 heterocycles. The van der Waals surface area contributed by atoms with Crippen LogP contribution < -0.4 is 5.32 Å². The molecular formula is C12H15F2NO3S. The number of benzene rings is 1. The van der Waals surface area contributed by atoms with Crippen molar-refractivity contribution in [3.8, 4) is 0 Å². The Morgan fingerprint density at radius 2 is 1.95 bits per heavy atom. The quantitative estimate of drug-likeness (QED) is 0.839. The minimum absolute atomic E-state index is 0.0995. The summed E-state index contributed by atoms with van der Waals surface area (Å²) < 4.78 is 48.1. The maximum Gasteiger partial charge on any atom is 0.341 e. The summed E-state index contributed by atoms with van der Waals surface area (Å²) in [7, 11) is -4.64. The van der Waals surface area contributed by atoms with Crippen molar-refractivity contribution in [2.24, 2.45) is 5.92 Å². The van der Waals surface area contributed by atoms with Gasteiger partial charge in [-0.3, -0.25) is 0 Å². The van der Waals surface area contributed by atoms with Crippen LogP contribution in [0.5, 0.6) is 0 Å². The Balaban J connectivity index is 2.16. The summed E-state index contributed by atoms with van der Waals surface area (Å²) in [4.78, 5) is -0.437. The van der Waals surface area contributed by atoms with Crippen LogP contribution in [-0.4, -0.2) is 31.9 Å². The number of halogens is 2. The standard InChI is InChI=1S/C12H15F2NO3S/c13-12(14)19(17,18)11-4-2-1-3-9(11)15-7-10(16)8-5-6-8/h1-4,8,10,12,15-16H,5-7H2. The van der Waals surface area contributed by atoms with Crippen molar-refractivity contribution in [3.05, 3.63) is 24.3 Å². The molecule has 1 fully saturated rings. The second-order valence-electron chi connectivity index (χ2n) is 4.59. The Morgan fingerprint density at radius 1 is 1.32 bits per heavy atom. The molecule has 106 valence electrons. The fraction of sp³-hybridized carbons (Fsp3) is 0.500. The van der Waals surface area contributed by atoms with Crippen LogP contribution >= 0.6 is 0 Å². The van der Waals surface area contributed by atoms with Crippen LogP contribution in [0.3, 0.4) is 0 Å². The van der Waals surface area contributed by atoms with Gasteiger partial charge in [0.15, 0.2) is 0 Å². The van der Waals surface area contributed by atoms with E-state index >= 15 is 0 Å².